The van der Waals surface area contributed by atoms with Gasteiger partial charge in [0.15, 0.2) is 0 Å². The van der Waals surface area contributed by atoms with Gasteiger partial charge in [-0.2, -0.15) is 4.98 Å². The molecule has 0 aliphatic rings. The van der Waals surface area contributed by atoms with E-state index in [9.17, 15) is 14.4 Å². The number of benzene rings is 2. The van der Waals surface area contributed by atoms with E-state index in [1.807, 2.05) is 6.07 Å². The van der Waals surface area contributed by atoms with Crippen LogP contribution in [0, 0.1) is 0 Å². The van der Waals surface area contributed by atoms with E-state index < -0.39 is 11.9 Å². The van der Waals surface area contributed by atoms with Crippen LogP contribution < -0.4 is 20.1 Å². The summed E-state index contributed by atoms with van der Waals surface area (Å²) in [7, 11) is 1.54. The highest BCUT2D eigenvalue weighted by molar-refractivity contribution is 6.05. The van der Waals surface area contributed by atoms with Crippen molar-refractivity contribution in [1.82, 2.24) is 9.97 Å². The number of carboxylic acids is 1. The number of rotatable bonds is 11. The Balaban J connectivity index is 1.51. The fourth-order valence-electron chi connectivity index (χ4n) is 3.50. The molecule has 40 heavy (non-hydrogen) atoms. The Kier molecular flexibility index (Phi) is 9.00. The van der Waals surface area contributed by atoms with Crippen LogP contribution in [0.4, 0.5) is 11.5 Å². The fraction of sp³-hybridized carbons (Fsp3) is 0.138. The smallest absolute Gasteiger partial charge is 0.337 e. The number of hydrogen-bond acceptors (Lipinski definition) is 8. The van der Waals surface area contributed by atoms with Gasteiger partial charge in [-0.25, -0.2) is 9.78 Å². The lowest BCUT2D eigenvalue weighted by atomic mass is 10.2. The predicted molar refractivity (Wildman–Crippen MR) is 146 cm³/mol. The molecule has 0 aliphatic carbocycles. The third-order valence-electron chi connectivity index (χ3n) is 5.39. The van der Waals surface area contributed by atoms with E-state index in [-0.39, 0.29) is 40.7 Å². The predicted octanol–water partition coefficient (Wildman–Crippen LogP) is 4.89. The minimum absolute atomic E-state index is 0.00827. The average Bonchev–Trinajstić information content (AvgIpc) is 2.95. The number of amides is 2. The van der Waals surface area contributed by atoms with Crippen LogP contribution in [0.2, 0.25) is 0 Å². The summed E-state index contributed by atoms with van der Waals surface area (Å²) < 4.78 is 16.8. The van der Waals surface area contributed by atoms with Crippen LogP contribution in [-0.4, -0.2) is 52.7 Å². The van der Waals surface area contributed by atoms with Gasteiger partial charge in [0.1, 0.15) is 17.7 Å². The number of nitrogens with zero attached hydrogens (tertiary/aromatic N) is 2. The van der Waals surface area contributed by atoms with E-state index in [0.717, 1.165) is 6.20 Å². The number of carboxylic acid groups (broad SMARTS) is 1. The molecular weight excluding hydrogens is 516 g/mol. The lowest BCUT2D eigenvalue weighted by Crippen LogP contribution is -2.19. The van der Waals surface area contributed by atoms with Gasteiger partial charge in [-0.15, -0.1) is 0 Å². The summed E-state index contributed by atoms with van der Waals surface area (Å²) in [5.74, 6) is -1.11. The first-order valence-electron chi connectivity index (χ1n) is 12.1. The first-order chi connectivity index (χ1) is 19.3. The minimum atomic E-state index is -1.13. The standard InChI is InChI=1S/C29H26N4O7/c1-18(17-38-2)39-25-14-21(28(35)32-24-13-8-20(16-30-24)29(36)37)15-26(33-25)40-23-11-9-22(10-12-23)31-27(34)19-6-4-3-5-7-19/h3-16,18H,17H2,1-2H3,(H,31,34)(H,36,37)(H,30,32,35)/t18-/m1/s1. The van der Waals surface area contributed by atoms with Crippen LogP contribution in [0.1, 0.15) is 38.0 Å². The van der Waals surface area contributed by atoms with Crippen LogP contribution in [0.15, 0.2) is 85.1 Å². The SMILES string of the molecule is COC[C@@H](C)Oc1cc(C(=O)Nc2ccc(C(=O)O)cn2)cc(Oc2ccc(NC(=O)c3ccccc3)cc2)n1. The Morgan fingerprint density at radius 1 is 0.850 bits per heavy atom. The van der Waals surface area contributed by atoms with E-state index in [2.05, 4.69) is 20.6 Å². The number of nitrogens with one attached hydrogen (secondary N) is 2. The van der Waals surface area contributed by atoms with Crippen molar-refractivity contribution in [3.05, 3.63) is 102 Å². The van der Waals surface area contributed by atoms with Gasteiger partial charge < -0.3 is 30.0 Å². The van der Waals surface area contributed by atoms with Crippen molar-refractivity contribution in [1.29, 1.82) is 0 Å². The number of methoxy groups -OCH3 is 1. The lowest BCUT2D eigenvalue weighted by molar-refractivity contribution is 0.0696. The van der Waals surface area contributed by atoms with Crippen molar-refractivity contribution in [3.63, 3.8) is 0 Å². The maximum absolute atomic E-state index is 13.0. The van der Waals surface area contributed by atoms with Gasteiger partial charge in [-0.1, -0.05) is 18.2 Å². The second-order valence-electron chi connectivity index (χ2n) is 8.55. The number of aromatic carboxylic acids is 1. The van der Waals surface area contributed by atoms with E-state index in [1.165, 1.54) is 24.3 Å². The van der Waals surface area contributed by atoms with Crippen LogP contribution >= 0.6 is 0 Å². The largest absolute Gasteiger partial charge is 0.478 e. The highest BCUT2D eigenvalue weighted by Crippen LogP contribution is 2.26. The van der Waals surface area contributed by atoms with Gasteiger partial charge in [-0.05, 0) is 55.5 Å². The minimum Gasteiger partial charge on any atom is -0.478 e. The van der Waals surface area contributed by atoms with Gasteiger partial charge in [0.05, 0.1) is 17.7 Å². The normalized spacial score (nSPS) is 11.2. The van der Waals surface area contributed by atoms with Crippen molar-refractivity contribution in [3.8, 4) is 17.5 Å². The molecule has 204 valence electrons. The van der Waals surface area contributed by atoms with Gasteiger partial charge in [0.2, 0.25) is 11.8 Å². The molecule has 0 spiro atoms. The van der Waals surface area contributed by atoms with Crippen LogP contribution in [-0.2, 0) is 4.74 Å². The molecule has 2 aromatic carbocycles. The number of pyridine rings is 2. The third kappa shape index (κ3) is 7.62. The lowest BCUT2D eigenvalue weighted by Gasteiger charge is -2.15. The maximum Gasteiger partial charge on any atom is 0.337 e. The molecule has 1 atom stereocenters. The van der Waals surface area contributed by atoms with E-state index >= 15 is 0 Å². The summed E-state index contributed by atoms with van der Waals surface area (Å²) in [5.41, 5.74) is 1.26. The molecule has 0 saturated carbocycles. The van der Waals surface area contributed by atoms with Crippen LogP contribution in [0.5, 0.6) is 17.5 Å². The summed E-state index contributed by atoms with van der Waals surface area (Å²) in [6, 6.07) is 21.1. The Hall–Kier alpha value is -5.29. The second kappa shape index (κ2) is 13.0. The zero-order valence-corrected chi connectivity index (χ0v) is 21.7. The summed E-state index contributed by atoms with van der Waals surface area (Å²) >= 11 is 0. The van der Waals surface area contributed by atoms with Crippen molar-refractivity contribution in [2.75, 3.05) is 24.4 Å². The van der Waals surface area contributed by atoms with Crippen molar-refractivity contribution in [2.45, 2.75) is 13.0 Å². The topological polar surface area (TPSA) is 149 Å². The van der Waals surface area contributed by atoms with E-state index in [4.69, 9.17) is 19.3 Å². The summed E-state index contributed by atoms with van der Waals surface area (Å²) in [5, 5.41) is 14.5. The zero-order valence-electron chi connectivity index (χ0n) is 21.7. The number of hydrogen-bond donors (Lipinski definition) is 3. The Bertz CT molecular complexity index is 1480. The molecule has 0 saturated heterocycles. The molecule has 2 heterocycles. The van der Waals surface area contributed by atoms with Gasteiger partial charge in [0, 0.05) is 36.7 Å². The molecule has 0 unspecified atom stereocenters. The first-order valence-corrected chi connectivity index (χ1v) is 12.1. The fourth-order valence-corrected chi connectivity index (χ4v) is 3.50. The molecule has 11 nitrogen and oxygen atoms in total. The number of anilines is 2. The van der Waals surface area contributed by atoms with Gasteiger partial charge in [0.25, 0.3) is 11.8 Å². The highest BCUT2D eigenvalue weighted by Gasteiger charge is 2.16. The van der Waals surface area contributed by atoms with E-state index in [0.29, 0.717) is 23.6 Å². The van der Waals surface area contributed by atoms with Crippen LogP contribution in [0.3, 0.4) is 0 Å². The molecule has 0 radical (unpaired) electrons. The van der Waals surface area contributed by atoms with Crippen molar-refractivity contribution in [2.24, 2.45) is 0 Å². The third-order valence-corrected chi connectivity index (χ3v) is 5.39. The molecule has 4 aromatic rings. The molecule has 0 fully saturated rings. The number of ether oxygens (including phenoxy) is 3. The summed E-state index contributed by atoms with van der Waals surface area (Å²) in [6.07, 6.45) is 0.785. The van der Waals surface area contributed by atoms with Crippen molar-refractivity contribution >= 4 is 29.3 Å². The molecule has 11 heteroatoms. The van der Waals surface area contributed by atoms with Gasteiger partial charge >= 0.3 is 5.97 Å². The molecule has 2 amide bonds. The second-order valence-corrected chi connectivity index (χ2v) is 8.55. The molecule has 0 aliphatic heterocycles. The Morgan fingerprint density at radius 3 is 2.20 bits per heavy atom. The Labute approximate surface area is 229 Å². The Morgan fingerprint density at radius 2 is 1.55 bits per heavy atom. The molecule has 4 rings (SSSR count). The van der Waals surface area contributed by atoms with Gasteiger partial charge in [-0.3, -0.25) is 9.59 Å². The highest BCUT2D eigenvalue weighted by atomic mass is 16.5. The maximum atomic E-state index is 13.0. The molecule has 3 N–H and O–H groups in total. The summed E-state index contributed by atoms with van der Waals surface area (Å²) in [4.78, 5) is 44.8. The molecule has 0 bridgehead atoms. The molecule has 2 aromatic heterocycles. The number of carbonyl (C=O) groups excluding carboxylic acids is 2. The van der Waals surface area contributed by atoms with Crippen molar-refractivity contribution < 1.29 is 33.7 Å². The number of aromatic nitrogens is 2. The molecular formula is C29H26N4O7. The van der Waals surface area contributed by atoms with Crippen LogP contribution in [0.25, 0.3) is 0 Å². The number of carbonyl (C=O) groups is 3. The average molecular weight is 543 g/mol. The summed E-state index contributed by atoms with van der Waals surface area (Å²) in [6.45, 7) is 2.08. The quantitative estimate of drug-likeness (QED) is 0.241. The first kappa shape index (κ1) is 27.7. The zero-order chi connectivity index (χ0) is 28.5. The monoisotopic (exact) mass is 542 g/mol. The van der Waals surface area contributed by atoms with E-state index in [1.54, 1.807) is 62.6 Å².